The van der Waals surface area contributed by atoms with Gasteiger partial charge in [0.05, 0.1) is 11.3 Å². The number of carbonyl (C=O) groups is 2. The third-order valence-corrected chi connectivity index (χ3v) is 4.05. The Morgan fingerprint density at radius 3 is 2.48 bits per heavy atom. The van der Waals surface area contributed by atoms with Gasteiger partial charge in [0.1, 0.15) is 0 Å². The van der Waals surface area contributed by atoms with E-state index in [2.05, 4.69) is 15.6 Å². The van der Waals surface area contributed by atoms with Gasteiger partial charge in [-0.2, -0.15) is 0 Å². The Balaban J connectivity index is 2.13. The molecule has 0 radical (unpaired) electrons. The molecule has 0 spiro atoms. The Kier molecular flexibility index (Phi) is 4.23. The van der Waals surface area contributed by atoms with Gasteiger partial charge in [0.15, 0.2) is 5.13 Å². The lowest BCUT2D eigenvalue weighted by Crippen LogP contribution is -2.20. The lowest BCUT2D eigenvalue weighted by molar-refractivity contribution is 0.0696. The highest BCUT2D eigenvalue weighted by Gasteiger charge is 2.13. The van der Waals surface area contributed by atoms with Crippen molar-refractivity contribution in [3.05, 3.63) is 39.9 Å². The molecule has 2 rings (SSSR count). The summed E-state index contributed by atoms with van der Waals surface area (Å²) in [6.45, 7) is 5.45. The second-order valence-electron chi connectivity index (χ2n) is 4.52. The molecular weight excluding hydrogens is 290 g/mol. The van der Waals surface area contributed by atoms with Gasteiger partial charge in [0.25, 0.3) is 0 Å². The van der Waals surface area contributed by atoms with E-state index in [-0.39, 0.29) is 5.56 Å². The second kappa shape index (κ2) is 5.92. The second-order valence-corrected chi connectivity index (χ2v) is 5.73. The fourth-order valence-corrected chi connectivity index (χ4v) is 2.59. The molecule has 0 atom stereocenters. The van der Waals surface area contributed by atoms with Crippen LogP contribution in [0.15, 0.2) is 18.2 Å². The molecule has 0 saturated heterocycles. The van der Waals surface area contributed by atoms with E-state index in [0.29, 0.717) is 16.4 Å². The molecule has 21 heavy (non-hydrogen) atoms. The first-order valence-corrected chi connectivity index (χ1v) is 7.05. The number of anilines is 2. The maximum absolute atomic E-state index is 11.9. The minimum Gasteiger partial charge on any atom is -0.478 e. The van der Waals surface area contributed by atoms with E-state index in [1.165, 1.54) is 17.4 Å². The molecule has 1 aromatic carbocycles. The number of hydrogen-bond donors (Lipinski definition) is 3. The minimum atomic E-state index is -1.03. The highest BCUT2D eigenvalue weighted by Crippen LogP contribution is 2.22. The van der Waals surface area contributed by atoms with Crippen LogP contribution in [-0.2, 0) is 0 Å². The van der Waals surface area contributed by atoms with Gasteiger partial charge in [0.2, 0.25) is 0 Å². The van der Waals surface area contributed by atoms with Crippen molar-refractivity contribution in [3.63, 3.8) is 0 Å². The summed E-state index contributed by atoms with van der Waals surface area (Å²) < 4.78 is 0. The van der Waals surface area contributed by atoms with Crippen molar-refractivity contribution in [2.45, 2.75) is 20.8 Å². The zero-order valence-electron chi connectivity index (χ0n) is 11.9. The number of nitrogens with one attached hydrogen (secondary N) is 2. The number of carboxylic acids is 1. The first kappa shape index (κ1) is 15.0. The van der Waals surface area contributed by atoms with E-state index in [1.807, 2.05) is 13.8 Å². The standard InChI is InChI=1S/C14H15N3O3S/c1-7-10(12(18)19)5-4-6-11(7)16-13(20)17-14-15-8(2)9(3)21-14/h4-6H,1-3H3,(H,18,19)(H2,15,16,17,20). The fraction of sp³-hybridized carbons (Fsp3) is 0.214. The van der Waals surface area contributed by atoms with E-state index in [9.17, 15) is 9.59 Å². The van der Waals surface area contributed by atoms with Crippen molar-refractivity contribution in [3.8, 4) is 0 Å². The number of thiazole rings is 1. The van der Waals surface area contributed by atoms with Crippen molar-refractivity contribution in [1.29, 1.82) is 0 Å². The van der Waals surface area contributed by atoms with Crippen LogP contribution in [0.2, 0.25) is 0 Å². The molecule has 6 nitrogen and oxygen atoms in total. The van der Waals surface area contributed by atoms with E-state index in [1.54, 1.807) is 19.1 Å². The van der Waals surface area contributed by atoms with Gasteiger partial charge in [-0.3, -0.25) is 5.32 Å². The van der Waals surface area contributed by atoms with Crippen LogP contribution < -0.4 is 10.6 Å². The Hall–Kier alpha value is -2.41. The monoisotopic (exact) mass is 305 g/mol. The first-order valence-electron chi connectivity index (χ1n) is 6.23. The van der Waals surface area contributed by atoms with E-state index >= 15 is 0 Å². The molecule has 110 valence electrons. The van der Waals surface area contributed by atoms with Crippen LogP contribution in [0, 0.1) is 20.8 Å². The number of benzene rings is 1. The Morgan fingerprint density at radius 2 is 1.90 bits per heavy atom. The SMILES string of the molecule is Cc1nc(NC(=O)Nc2cccc(C(=O)O)c2C)sc1C. The Bertz CT molecular complexity index is 690. The third-order valence-electron chi connectivity index (χ3n) is 3.06. The summed E-state index contributed by atoms with van der Waals surface area (Å²) in [5.41, 5.74) is 2.00. The predicted molar refractivity (Wildman–Crippen MR) is 82.4 cm³/mol. The molecule has 3 N–H and O–H groups in total. The fourth-order valence-electron chi connectivity index (χ4n) is 1.78. The molecule has 1 heterocycles. The highest BCUT2D eigenvalue weighted by atomic mass is 32.1. The minimum absolute atomic E-state index is 0.161. The van der Waals surface area contributed by atoms with Crippen molar-refractivity contribution in [1.82, 2.24) is 4.98 Å². The molecule has 2 amide bonds. The number of carbonyl (C=O) groups excluding carboxylic acids is 1. The molecule has 2 aromatic rings. The van der Waals surface area contributed by atoms with Crippen molar-refractivity contribution < 1.29 is 14.7 Å². The number of amides is 2. The molecule has 0 aliphatic carbocycles. The van der Waals surface area contributed by atoms with Crippen molar-refractivity contribution >= 4 is 34.2 Å². The number of urea groups is 1. The molecule has 0 aliphatic heterocycles. The van der Waals surface area contributed by atoms with Gasteiger partial charge in [-0.25, -0.2) is 14.6 Å². The maximum atomic E-state index is 11.9. The zero-order valence-corrected chi connectivity index (χ0v) is 12.7. The zero-order chi connectivity index (χ0) is 15.6. The van der Waals surface area contributed by atoms with Gasteiger partial charge < -0.3 is 10.4 Å². The largest absolute Gasteiger partial charge is 0.478 e. The first-order chi connectivity index (χ1) is 9.88. The molecule has 0 bridgehead atoms. The average molecular weight is 305 g/mol. The van der Waals surface area contributed by atoms with Crippen LogP contribution in [0.25, 0.3) is 0 Å². The summed E-state index contributed by atoms with van der Waals surface area (Å²) in [6, 6.07) is 4.28. The third kappa shape index (κ3) is 3.38. The van der Waals surface area contributed by atoms with E-state index in [4.69, 9.17) is 5.11 Å². The van der Waals surface area contributed by atoms with Crippen LogP contribution in [-0.4, -0.2) is 22.1 Å². The number of carboxylic acid groups (broad SMARTS) is 1. The summed E-state index contributed by atoms with van der Waals surface area (Å²) in [7, 11) is 0. The molecule has 0 saturated carbocycles. The quantitative estimate of drug-likeness (QED) is 0.810. The van der Waals surface area contributed by atoms with Gasteiger partial charge in [-0.1, -0.05) is 6.07 Å². The van der Waals surface area contributed by atoms with Crippen LogP contribution in [0.5, 0.6) is 0 Å². The topological polar surface area (TPSA) is 91.3 Å². The molecule has 7 heteroatoms. The molecular formula is C14H15N3O3S. The highest BCUT2D eigenvalue weighted by molar-refractivity contribution is 7.15. The van der Waals surface area contributed by atoms with Crippen LogP contribution >= 0.6 is 11.3 Å². The molecule has 0 unspecified atom stereocenters. The van der Waals surface area contributed by atoms with Crippen LogP contribution in [0.4, 0.5) is 15.6 Å². The molecule has 0 fully saturated rings. The summed E-state index contributed by atoms with van der Waals surface area (Å²) >= 11 is 1.39. The number of hydrogen-bond acceptors (Lipinski definition) is 4. The summed E-state index contributed by atoms with van der Waals surface area (Å²) in [5.74, 6) is -1.03. The Labute approximate surface area is 125 Å². The smallest absolute Gasteiger partial charge is 0.336 e. The number of aryl methyl sites for hydroxylation is 2. The van der Waals surface area contributed by atoms with E-state index < -0.39 is 12.0 Å². The van der Waals surface area contributed by atoms with Crippen molar-refractivity contribution in [2.75, 3.05) is 10.6 Å². The molecule has 1 aromatic heterocycles. The predicted octanol–water partition coefficient (Wildman–Crippen LogP) is 3.41. The van der Waals surface area contributed by atoms with Gasteiger partial charge in [0, 0.05) is 10.6 Å². The summed E-state index contributed by atoms with van der Waals surface area (Å²) in [5, 5.41) is 14.8. The number of rotatable bonds is 3. The normalized spacial score (nSPS) is 10.2. The number of aromatic carboxylic acids is 1. The van der Waals surface area contributed by atoms with Crippen LogP contribution in [0.1, 0.15) is 26.5 Å². The lowest BCUT2D eigenvalue weighted by atomic mass is 10.1. The van der Waals surface area contributed by atoms with Gasteiger partial charge >= 0.3 is 12.0 Å². The van der Waals surface area contributed by atoms with Crippen molar-refractivity contribution in [2.24, 2.45) is 0 Å². The van der Waals surface area contributed by atoms with Gasteiger partial charge in [-0.05, 0) is 38.5 Å². The average Bonchev–Trinajstić information content (AvgIpc) is 2.70. The number of aromatic nitrogens is 1. The summed E-state index contributed by atoms with van der Waals surface area (Å²) in [4.78, 5) is 28.2. The van der Waals surface area contributed by atoms with E-state index in [0.717, 1.165) is 10.6 Å². The lowest BCUT2D eigenvalue weighted by Gasteiger charge is -2.10. The van der Waals surface area contributed by atoms with Gasteiger partial charge in [-0.15, -0.1) is 11.3 Å². The van der Waals surface area contributed by atoms with Crippen LogP contribution in [0.3, 0.4) is 0 Å². The maximum Gasteiger partial charge on any atom is 0.336 e. The molecule has 0 aliphatic rings. The Morgan fingerprint density at radius 1 is 1.19 bits per heavy atom. The summed E-state index contributed by atoms with van der Waals surface area (Å²) in [6.07, 6.45) is 0. The number of nitrogens with zero attached hydrogens (tertiary/aromatic N) is 1.